The fourth-order valence-electron chi connectivity index (χ4n) is 2.42. The quantitative estimate of drug-likeness (QED) is 0.564. The Morgan fingerprint density at radius 3 is 2.39 bits per heavy atom. The normalized spacial score (nSPS) is 14.1. The molecule has 23 heavy (non-hydrogen) atoms. The summed E-state index contributed by atoms with van der Waals surface area (Å²) >= 11 is 12.0. The number of hydrogen-bond acceptors (Lipinski definition) is 1. The Labute approximate surface area is 146 Å². The van der Waals surface area contributed by atoms with Gasteiger partial charge in [-0.05, 0) is 30.3 Å². The van der Waals surface area contributed by atoms with Crippen molar-refractivity contribution in [2.24, 2.45) is 0 Å². The Morgan fingerprint density at radius 1 is 0.957 bits per heavy atom. The molecule has 1 fully saturated rings. The molecule has 2 aromatic carbocycles. The van der Waals surface area contributed by atoms with Gasteiger partial charge >= 0.3 is 0 Å². The molecule has 1 saturated heterocycles. The number of halogens is 2. The van der Waals surface area contributed by atoms with Gasteiger partial charge in [-0.2, -0.15) is 0 Å². The third-order valence-electron chi connectivity index (χ3n) is 3.62. The number of morpholine rings is 1. The molecule has 0 atom stereocenters. The van der Waals surface area contributed by atoms with E-state index in [1.54, 1.807) is 12.1 Å². The first-order valence-electron chi connectivity index (χ1n) is 7.46. The van der Waals surface area contributed by atoms with Crippen LogP contribution in [0.3, 0.4) is 0 Å². The second kappa shape index (κ2) is 7.66. The predicted octanol–water partition coefficient (Wildman–Crippen LogP) is 3.88. The van der Waals surface area contributed by atoms with Crippen molar-refractivity contribution in [3.63, 3.8) is 0 Å². The molecular weight excluding hydrogens is 329 g/mol. The van der Waals surface area contributed by atoms with Crippen molar-refractivity contribution in [1.29, 1.82) is 0 Å². The van der Waals surface area contributed by atoms with E-state index in [9.17, 15) is 0 Å². The van der Waals surface area contributed by atoms with E-state index in [4.69, 9.17) is 27.9 Å². The van der Waals surface area contributed by atoms with Crippen molar-refractivity contribution in [2.45, 2.75) is 0 Å². The van der Waals surface area contributed by atoms with Gasteiger partial charge < -0.3 is 4.74 Å². The van der Waals surface area contributed by atoms with Crippen molar-refractivity contribution in [1.82, 2.24) is 0 Å². The zero-order valence-electron chi connectivity index (χ0n) is 12.6. The minimum Gasteiger partial charge on any atom is -0.368 e. The van der Waals surface area contributed by atoms with Gasteiger partial charge in [0.2, 0.25) is 0 Å². The molecule has 0 N–H and O–H groups in total. The topological polar surface area (TPSA) is 12.2 Å². The van der Waals surface area contributed by atoms with Crippen molar-refractivity contribution < 1.29 is 9.31 Å². The van der Waals surface area contributed by atoms with Crippen LogP contribution < -0.4 is 0 Å². The zero-order valence-corrected chi connectivity index (χ0v) is 14.1. The average molecular weight is 345 g/mol. The summed E-state index contributed by atoms with van der Waals surface area (Å²) in [5.74, 6) is 6.50. The van der Waals surface area contributed by atoms with E-state index < -0.39 is 0 Å². The average Bonchev–Trinajstić information content (AvgIpc) is 2.60. The van der Waals surface area contributed by atoms with Crippen LogP contribution in [0.2, 0.25) is 10.0 Å². The van der Waals surface area contributed by atoms with Crippen LogP contribution >= 0.6 is 23.2 Å². The van der Waals surface area contributed by atoms with Gasteiger partial charge in [0.25, 0.3) is 5.71 Å². The van der Waals surface area contributed by atoms with Crippen LogP contribution in [-0.4, -0.2) is 36.6 Å². The molecule has 0 radical (unpaired) electrons. The molecule has 0 amide bonds. The largest absolute Gasteiger partial charge is 0.368 e. The molecule has 1 aliphatic heterocycles. The van der Waals surface area contributed by atoms with Crippen molar-refractivity contribution in [3.8, 4) is 11.8 Å². The Hall–Kier alpha value is -1.79. The fraction of sp³-hybridized carbons (Fsp3) is 0.211. The van der Waals surface area contributed by atoms with E-state index in [1.807, 2.05) is 24.3 Å². The summed E-state index contributed by atoms with van der Waals surface area (Å²) in [7, 11) is 0. The molecular formula is C19H16Cl2NO+. The van der Waals surface area contributed by atoms with Crippen LogP contribution in [0.5, 0.6) is 0 Å². The maximum atomic E-state index is 6.06. The molecule has 0 unspecified atom stereocenters. The molecule has 116 valence electrons. The van der Waals surface area contributed by atoms with Gasteiger partial charge in [-0.3, -0.25) is 0 Å². The Kier molecular flexibility index (Phi) is 5.35. The first kappa shape index (κ1) is 16.1. The highest BCUT2D eigenvalue weighted by atomic mass is 35.5. The van der Waals surface area contributed by atoms with Gasteiger partial charge in [0.1, 0.15) is 13.2 Å². The van der Waals surface area contributed by atoms with Crippen LogP contribution in [0.4, 0.5) is 0 Å². The number of nitrogens with zero attached hydrogens (tertiary/aromatic N) is 1. The minimum absolute atomic E-state index is 0.520. The maximum absolute atomic E-state index is 6.06. The summed E-state index contributed by atoms with van der Waals surface area (Å²) in [5.41, 5.74) is 2.98. The van der Waals surface area contributed by atoms with Crippen LogP contribution in [-0.2, 0) is 4.74 Å². The summed E-state index contributed by atoms with van der Waals surface area (Å²) in [6.07, 6.45) is 0. The smallest absolute Gasteiger partial charge is 0.259 e. The Morgan fingerprint density at radius 2 is 1.70 bits per heavy atom. The summed E-state index contributed by atoms with van der Waals surface area (Å²) < 4.78 is 7.71. The van der Waals surface area contributed by atoms with Crippen molar-refractivity contribution in [2.75, 3.05) is 26.3 Å². The summed E-state index contributed by atoms with van der Waals surface area (Å²) in [4.78, 5) is 0. The highest BCUT2D eigenvalue weighted by Gasteiger charge is 2.18. The Bertz CT molecular complexity index is 780. The molecule has 0 aliphatic carbocycles. The number of rotatable bonds is 1. The molecule has 1 aliphatic rings. The second-order valence-corrected chi connectivity index (χ2v) is 6.01. The first-order chi connectivity index (χ1) is 11.2. The summed E-state index contributed by atoms with van der Waals surface area (Å²) in [6, 6.07) is 15.6. The zero-order chi connectivity index (χ0) is 16.1. The molecule has 0 saturated carbocycles. The van der Waals surface area contributed by atoms with E-state index in [2.05, 4.69) is 28.5 Å². The van der Waals surface area contributed by atoms with Gasteiger partial charge in [0, 0.05) is 11.5 Å². The molecule has 0 spiro atoms. The predicted molar refractivity (Wildman–Crippen MR) is 94.7 cm³/mol. The monoisotopic (exact) mass is 344 g/mol. The summed E-state index contributed by atoms with van der Waals surface area (Å²) in [5, 5.41) is 1.06. The fourth-order valence-corrected chi connectivity index (χ4v) is 2.72. The SMILES string of the molecule is Clc1ccc(C#CC(c2ccccc2)=[N+]2CCOCC2)cc1Cl. The number of benzene rings is 2. The molecule has 0 aromatic heterocycles. The number of ether oxygens (including phenoxy) is 1. The van der Waals surface area contributed by atoms with E-state index in [-0.39, 0.29) is 0 Å². The third-order valence-corrected chi connectivity index (χ3v) is 4.36. The van der Waals surface area contributed by atoms with Crippen molar-refractivity contribution in [3.05, 3.63) is 69.7 Å². The molecule has 1 heterocycles. The highest BCUT2D eigenvalue weighted by Crippen LogP contribution is 2.22. The second-order valence-electron chi connectivity index (χ2n) is 5.19. The van der Waals surface area contributed by atoms with E-state index in [0.717, 1.165) is 43.1 Å². The molecule has 2 aromatic rings. The first-order valence-corrected chi connectivity index (χ1v) is 8.22. The van der Waals surface area contributed by atoms with Crippen molar-refractivity contribution >= 4 is 28.9 Å². The molecule has 2 nitrogen and oxygen atoms in total. The lowest BCUT2D eigenvalue weighted by Crippen LogP contribution is -2.33. The molecule has 0 bridgehead atoms. The Balaban J connectivity index is 2.00. The number of hydrogen-bond donors (Lipinski definition) is 0. The summed E-state index contributed by atoms with van der Waals surface area (Å²) in [6.45, 7) is 3.15. The van der Waals surface area contributed by atoms with Crippen LogP contribution in [0.1, 0.15) is 11.1 Å². The van der Waals surface area contributed by atoms with Crippen LogP contribution in [0.15, 0.2) is 48.5 Å². The third kappa shape index (κ3) is 4.14. The van der Waals surface area contributed by atoms with Gasteiger partial charge in [-0.1, -0.05) is 47.3 Å². The minimum atomic E-state index is 0.520. The lowest BCUT2D eigenvalue weighted by atomic mass is 10.1. The van der Waals surface area contributed by atoms with Gasteiger partial charge in [-0.15, -0.1) is 0 Å². The molecule has 4 heteroatoms. The van der Waals surface area contributed by atoms with E-state index >= 15 is 0 Å². The molecule has 3 rings (SSSR count). The van der Waals surface area contributed by atoms with Gasteiger partial charge in [0.05, 0.1) is 15.6 Å². The standard InChI is InChI=1S/C19H16Cl2NO/c20-17-8-6-15(14-18(17)21)7-9-19(16-4-2-1-3-5-16)22-10-12-23-13-11-22/h1-6,8,14H,10-13H2/q+1. The maximum Gasteiger partial charge on any atom is 0.259 e. The van der Waals surface area contributed by atoms with Crippen LogP contribution in [0.25, 0.3) is 0 Å². The lowest BCUT2D eigenvalue weighted by Gasteiger charge is -2.12. The highest BCUT2D eigenvalue weighted by molar-refractivity contribution is 6.42. The van der Waals surface area contributed by atoms with Gasteiger partial charge in [0.15, 0.2) is 13.1 Å². The van der Waals surface area contributed by atoms with Crippen LogP contribution in [0, 0.1) is 11.8 Å². The van der Waals surface area contributed by atoms with E-state index in [0.29, 0.717) is 10.0 Å². The lowest BCUT2D eigenvalue weighted by molar-refractivity contribution is -0.547. The van der Waals surface area contributed by atoms with Gasteiger partial charge in [-0.25, -0.2) is 4.58 Å². The van der Waals surface area contributed by atoms with E-state index in [1.165, 1.54) is 0 Å².